The molecular weight excluding hydrogens is 244 g/mol. The van der Waals surface area contributed by atoms with Gasteiger partial charge in [-0.1, -0.05) is 0 Å². The van der Waals surface area contributed by atoms with Crippen molar-refractivity contribution in [2.45, 2.75) is 0 Å². The molecule has 0 heterocycles. The second-order valence-corrected chi connectivity index (χ2v) is 2.27. The molecule has 0 amide bonds. The molecule has 0 aliphatic carbocycles. The lowest BCUT2D eigenvalue weighted by molar-refractivity contribution is 0.431. The molecule has 0 N–H and O–H groups in total. The van der Waals surface area contributed by atoms with Crippen molar-refractivity contribution < 1.29 is 4.74 Å². The highest BCUT2D eigenvalue weighted by Gasteiger charge is 1.58. The molecule has 20 heavy (non-hydrogen) atoms. The quantitative estimate of drug-likeness (QED) is 0.563. The molecule has 0 aromatic carbocycles. The number of ether oxygens (including phenoxy) is 1. The summed E-state index contributed by atoms with van der Waals surface area (Å²) in [4.78, 5) is 0. The van der Waals surface area contributed by atoms with Crippen molar-refractivity contribution in [1.29, 1.82) is 0 Å². The van der Waals surface area contributed by atoms with Gasteiger partial charge in [-0.2, -0.15) is 0 Å². The molecule has 0 bridgehead atoms. The number of hydrogen-bond donors (Lipinski definition) is 0. The van der Waals surface area contributed by atoms with E-state index in [4.69, 9.17) is 6.42 Å². The van der Waals surface area contributed by atoms with Gasteiger partial charge in [-0.25, -0.2) is 0 Å². The van der Waals surface area contributed by atoms with Crippen LogP contribution in [0.15, 0.2) is 0 Å². The van der Waals surface area contributed by atoms with Crippen LogP contribution in [0.25, 0.3) is 0 Å². The Hall–Kier alpha value is -4.16. The summed E-state index contributed by atoms with van der Waals surface area (Å²) in [6.45, 7) is 0. The van der Waals surface area contributed by atoms with Crippen molar-refractivity contribution in [2.24, 2.45) is 0 Å². The second-order valence-electron chi connectivity index (χ2n) is 2.27. The van der Waals surface area contributed by atoms with Gasteiger partial charge in [0.25, 0.3) is 0 Å². The van der Waals surface area contributed by atoms with Crippen molar-refractivity contribution in [3.05, 3.63) is 7.11 Å². The highest BCUT2D eigenvalue weighted by molar-refractivity contribution is 5.46. The zero-order valence-corrected chi connectivity index (χ0v) is 10.2. The lowest BCUT2D eigenvalue weighted by Gasteiger charge is -1.68. The Balaban J connectivity index is 4.30. The Bertz CT molecular complexity index is 878. The van der Waals surface area contributed by atoms with Gasteiger partial charge < -0.3 is 4.74 Å². The van der Waals surface area contributed by atoms with Crippen LogP contribution in [0, 0.1) is 114 Å². The van der Waals surface area contributed by atoms with E-state index in [9.17, 15) is 0 Å². The van der Waals surface area contributed by atoms with Crippen molar-refractivity contribution >= 4 is 0 Å². The molecule has 1 nitrogen and oxygen atoms in total. The third-order valence-electron chi connectivity index (χ3n) is 1.07. The maximum atomic E-state index is 4.89. The van der Waals surface area contributed by atoms with E-state index in [1.54, 1.807) is 0 Å². The van der Waals surface area contributed by atoms with Gasteiger partial charge in [-0.3, -0.25) is 0 Å². The Labute approximate surface area is 119 Å². The topological polar surface area (TPSA) is 9.23 Å². The summed E-state index contributed by atoms with van der Waals surface area (Å²) in [6, 6.07) is 0. The van der Waals surface area contributed by atoms with Crippen LogP contribution >= 0.6 is 0 Å². The van der Waals surface area contributed by atoms with Gasteiger partial charge in [0, 0.05) is 47.4 Å². The van der Waals surface area contributed by atoms with Crippen molar-refractivity contribution in [3.63, 3.8) is 0 Å². The van der Waals surface area contributed by atoms with Gasteiger partial charge in [0.05, 0.1) is 0 Å². The lowest BCUT2D eigenvalue weighted by Crippen LogP contribution is -1.58. The molecule has 1 heteroatoms. The molecular formula is C19H3O. The molecule has 0 aromatic heterocycles. The van der Waals surface area contributed by atoms with Crippen LogP contribution in [0.4, 0.5) is 0 Å². The predicted octanol–water partition coefficient (Wildman–Crippen LogP) is 0.412. The fraction of sp³-hybridized carbons (Fsp3) is 0. The van der Waals surface area contributed by atoms with Crippen molar-refractivity contribution in [3.8, 4) is 107 Å². The van der Waals surface area contributed by atoms with E-state index in [-0.39, 0.29) is 0 Å². The molecule has 0 unspecified atom stereocenters. The average molecular weight is 247 g/mol. The van der Waals surface area contributed by atoms with Crippen LogP contribution in [0.3, 0.4) is 0 Å². The summed E-state index contributed by atoms with van der Waals surface area (Å²) in [7, 11) is 3.04. The third kappa shape index (κ3) is 13.8. The van der Waals surface area contributed by atoms with Crippen molar-refractivity contribution in [1.82, 2.24) is 0 Å². The monoisotopic (exact) mass is 247 g/mol. The molecule has 0 aliphatic heterocycles. The first kappa shape index (κ1) is 15.8. The maximum absolute atomic E-state index is 4.89. The first-order chi connectivity index (χ1) is 9.91. The first-order valence-electron chi connectivity index (χ1n) is 4.78. The number of terminal acetylenes is 1. The van der Waals surface area contributed by atoms with Gasteiger partial charge in [0.1, 0.15) is 13.2 Å². The van der Waals surface area contributed by atoms with E-state index < -0.39 is 0 Å². The molecule has 0 aliphatic rings. The Morgan fingerprint density at radius 3 is 1.10 bits per heavy atom. The summed E-state index contributed by atoms with van der Waals surface area (Å²) in [5.41, 5.74) is 0. The molecule has 0 fully saturated rings. The fourth-order valence-electron chi connectivity index (χ4n) is 0.504. The second kappa shape index (κ2) is 14.8. The summed E-state index contributed by atoms with van der Waals surface area (Å²) in [6.07, 6.45) is 7.08. The van der Waals surface area contributed by atoms with Crippen LogP contribution in [0.5, 0.6) is 0 Å². The van der Waals surface area contributed by atoms with Crippen molar-refractivity contribution in [2.75, 3.05) is 0 Å². The van der Waals surface area contributed by atoms with E-state index in [2.05, 4.69) is 113 Å². The maximum Gasteiger partial charge on any atom is 0.135 e. The molecule has 0 saturated heterocycles. The van der Waals surface area contributed by atoms with Gasteiger partial charge in [0.15, 0.2) is 0 Å². The Morgan fingerprint density at radius 2 is 0.800 bits per heavy atom. The standard InChI is InChI=1S/C19H3O/c1-3-4-5-6-7-8-9-10-11-12-13-14-15-16-17-18-19-20-2/h1H,2H2. The van der Waals surface area contributed by atoms with E-state index in [1.165, 1.54) is 0 Å². The minimum Gasteiger partial charge on any atom is -0.442 e. The van der Waals surface area contributed by atoms with Crippen LogP contribution in [0.2, 0.25) is 0 Å². The van der Waals surface area contributed by atoms with Crippen LogP contribution in [-0.4, -0.2) is 0 Å². The van der Waals surface area contributed by atoms with Gasteiger partial charge in [0.2, 0.25) is 0 Å². The van der Waals surface area contributed by atoms with Gasteiger partial charge in [-0.15, -0.1) is 6.42 Å². The SMILES string of the molecule is C#CC#CC#CC#CC#CC#CC#CC#CC#CO[CH2]. The zero-order valence-electron chi connectivity index (χ0n) is 10.2. The highest BCUT2D eigenvalue weighted by atomic mass is 16.5. The van der Waals surface area contributed by atoms with Gasteiger partial charge >= 0.3 is 0 Å². The molecule has 0 aromatic rings. The minimum atomic E-state index is 2.12. The number of hydrogen-bond acceptors (Lipinski definition) is 1. The van der Waals surface area contributed by atoms with Gasteiger partial charge in [-0.05, 0) is 47.4 Å². The molecule has 1 radical (unpaired) electrons. The Kier molecular flexibility index (Phi) is 11.8. The lowest BCUT2D eigenvalue weighted by atomic mass is 10.5. The van der Waals surface area contributed by atoms with Crippen LogP contribution in [-0.2, 0) is 4.74 Å². The molecule has 85 valence electrons. The van der Waals surface area contributed by atoms with E-state index in [0.717, 1.165) is 0 Å². The van der Waals surface area contributed by atoms with E-state index in [0.29, 0.717) is 0 Å². The summed E-state index contributed by atoms with van der Waals surface area (Å²) >= 11 is 0. The normalized spacial score (nSPS) is 4.00. The smallest absolute Gasteiger partial charge is 0.135 e. The van der Waals surface area contributed by atoms with Crippen LogP contribution < -0.4 is 0 Å². The Morgan fingerprint density at radius 1 is 0.500 bits per heavy atom. The third-order valence-corrected chi connectivity index (χ3v) is 1.07. The molecule has 0 spiro atoms. The molecule has 0 atom stereocenters. The van der Waals surface area contributed by atoms with E-state index in [1.807, 2.05) is 0 Å². The zero-order chi connectivity index (χ0) is 14.7. The van der Waals surface area contributed by atoms with E-state index >= 15 is 0 Å². The summed E-state index contributed by atoms with van der Waals surface area (Å²) in [5.74, 6) is 38.7. The molecule has 0 rings (SSSR count). The molecule has 0 saturated carbocycles. The first-order valence-corrected chi connectivity index (χ1v) is 4.78. The highest BCUT2D eigenvalue weighted by Crippen LogP contribution is 1.59. The number of rotatable bonds is 0. The average Bonchev–Trinajstić information content (AvgIpc) is 2.47. The summed E-state index contributed by atoms with van der Waals surface area (Å²) in [5, 5.41) is 0. The van der Waals surface area contributed by atoms with Crippen LogP contribution in [0.1, 0.15) is 0 Å². The largest absolute Gasteiger partial charge is 0.442 e. The summed E-state index contributed by atoms with van der Waals surface area (Å²) < 4.78 is 4.21. The predicted molar refractivity (Wildman–Crippen MR) is 77.5 cm³/mol. The minimum absolute atomic E-state index is 2.12. The fourth-order valence-corrected chi connectivity index (χ4v) is 0.504.